The number of benzene rings is 2. The van der Waals surface area contributed by atoms with Gasteiger partial charge in [0.15, 0.2) is 17.1 Å². The number of aromatic carboxylic acids is 1. The fourth-order valence-corrected chi connectivity index (χ4v) is 7.21. The van der Waals surface area contributed by atoms with Crippen molar-refractivity contribution in [3.63, 3.8) is 0 Å². The van der Waals surface area contributed by atoms with E-state index in [4.69, 9.17) is 6.57 Å². The molecule has 328 valence electrons. The third kappa shape index (κ3) is 11.1. The Kier molecular flexibility index (Phi) is 13.5. The van der Waals surface area contributed by atoms with E-state index >= 15 is 0 Å². The van der Waals surface area contributed by atoms with Gasteiger partial charge in [-0.1, -0.05) is 42.5 Å². The van der Waals surface area contributed by atoms with Gasteiger partial charge in [0.25, 0.3) is 0 Å². The number of nitrogens with one attached hydrogen (secondary N) is 2. The molecule has 0 amide bonds. The van der Waals surface area contributed by atoms with Gasteiger partial charge in [-0.15, -0.1) is 0 Å². The van der Waals surface area contributed by atoms with Crippen LogP contribution in [-0.4, -0.2) is 66.6 Å². The minimum absolute atomic E-state index is 0.0257. The number of hydrogen-bond acceptors (Lipinski definition) is 6. The Hall–Kier alpha value is -6.89. The molecule has 0 spiro atoms. The van der Waals surface area contributed by atoms with Crippen LogP contribution in [0, 0.1) is 20.4 Å². The molecular weight excluding hydrogens is 825 g/mol. The number of anilines is 2. The second kappa shape index (κ2) is 18.6. The first-order chi connectivity index (χ1) is 29.8. The van der Waals surface area contributed by atoms with Crippen molar-refractivity contribution < 1.29 is 41.0 Å². The summed E-state index contributed by atoms with van der Waals surface area (Å²) < 4.78 is 79.1. The SMILES string of the molecule is C/C=C/c1cc(NCCC(F)(F)F)c2ncc(-c3ccc(C(=O)O)c(C)c3)n2c1.[C-]#[N+]C1(CC(=O)c2ccc(-c3cnc4c(NCCC(F)(F)F)cc(/C=C/C)cn34)cc2C)CC1. The summed E-state index contributed by atoms with van der Waals surface area (Å²) in [6.07, 6.45) is 5.85. The van der Waals surface area contributed by atoms with Crippen LogP contribution in [0.4, 0.5) is 37.7 Å². The predicted molar refractivity (Wildman–Crippen MR) is 233 cm³/mol. The Morgan fingerprint density at radius 3 is 1.57 bits per heavy atom. The zero-order valence-electron chi connectivity index (χ0n) is 35.0. The smallest absolute Gasteiger partial charge is 0.390 e. The molecule has 63 heavy (non-hydrogen) atoms. The van der Waals surface area contributed by atoms with Crippen LogP contribution >= 0.6 is 0 Å². The maximum atomic E-state index is 12.8. The zero-order valence-corrected chi connectivity index (χ0v) is 35.0. The first kappa shape index (κ1) is 45.6. The third-order valence-corrected chi connectivity index (χ3v) is 10.5. The van der Waals surface area contributed by atoms with Crippen LogP contribution in [0.1, 0.15) is 88.9 Å². The molecule has 0 aliphatic heterocycles. The lowest BCUT2D eigenvalue weighted by Crippen LogP contribution is -2.15. The number of pyridine rings is 2. The molecule has 0 atom stereocenters. The van der Waals surface area contributed by atoms with E-state index in [1.807, 2.05) is 74.0 Å². The lowest BCUT2D eigenvalue weighted by atomic mass is 9.96. The van der Waals surface area contributed by atoms with Gasteiger partial charge >= 0.3 is 18.3 Å². The number of rotatable bonds is 14. The Morgan fingerprint density at radius 2 is 1.21 bits per heavy atom. The van der Waals surface area contributed by atoms with Crippen LogP contribution in [-0.2, 0) is 0 Å². The van der Waals surface area contributed by atoms with Gasteiger partial charge in [0, 0.05) is 55.0 Å². The van der Waals surface area contributed by atoms with Gasteiger partial charge in [-0.25, -0.2) is 21.3 Å². The van der Waals surface area contributed by atoms with E-state index in [1.54, 1.807) is 54.0 Å². The van der Waals surface area contributed by atoms with Gasteiger partial charge < -0.3 is 20.6 Å². The minimum atomic E-state index is -4.24. The van der Waals surface area contributed by atoms with Crippen LogP contribution in [0.25, 0.3) is 50.8 Å². The Bertz CT molecular complexity index is 2770. The van der Waals surface area contributed by atoms with Crippen molar-refractivity contribution in [1.82, 2.24) is 18.8 Å². The van der Waals surface area contributed by atoms with Crippen molar-refractivity contribution in [2.24, 2.45) is 0 Å². The van der Waals surface area contributed by atoms with Gasteiger partial charge in [-0.05, 0) is 80.3 Å². The molecule has 4 aromatic heterocycles. The molecule has 2 aromatic carbocycles. The lowest BCUT2D eigenvalue weighted by Gasteiger charge is -2.12. The van der Waals surface area contributed by atoms with Crippen molar-refractivity contribution in [2.45, 2.75) is 77.7 Å². The molecule has 3 N–H and O–H groups in total. The normalized spacial score (nSPS) is 13.6. The molecule has 1 aliphatic carbocycles. The van der Waals surface area contributed by atoms with E-state index in [0.29, 0.717) is 39.5 Å². The maximum Gasteiger partial charge on any atom is 0.390 e. The molecule has 1 fully saturated rings. The van der Waals surface area contributed by atoms with Crippen molar-refractivity contribution in [3.05, 3.63) is 130 Å². The molecule has 6 aromatic rings. The summed E-state index contributed by atoms with van der Waals surface area (Å²) in [6, 6.07) is 14.1. The fourth-order valence-electron chi connectivity index (χ4n) is 7.21. The highest BCUT2D eigenvalue weighted by atomic mass is 19.4. The number of Topliss-reactive ketones (excluding diaryl/α,β-unsaturated/α-hetero) is 1. The number of carbonyl (C=O) groups is 2. The summed E-state index contributed by atoms with van der Waals surface area (Å²) in [5, 5.41) is 14.9. The summed E-state index contributed by atoms with van der Waals surface area (Å²) in [4.78, 5) is 36.5. The van der Waals surface area contributed by atoms with E-state index in [-0.39, 0.29) is 30.9 Å². The molecule has 7 rings (SSSR count). The highest BCUT2D eigenvalue weighted by Gasteiger charge is 2.52. The number of ketones is 1. The third-order valence-electron chi connectivity index (χ3n) is 10.5. The number of carboxylic acids is 1. The molecule has 1 aliphatic rings. The van der Waals surface area contributed by atoms with Crippen LogP contribution in [0.2, 0.25) is 0 Å². The fraction of sp³-hybridized carbons (Fsp3) is 0.298. The topological polar surface area (TPSA) is 117 Å². The molecule has 0 saturated heterocycles. The van der Waals surface area contributed by atoms with Gasteiger partial charge in [0.05, 0.1) is 60.0 Å². The monoisotopic (exact) mass is 869 g/mol. The van der Waals surface area contributed by atoms with Gasteiger partial charge in [0.1, 0.15) is 0 Å². The van der Waals surface area contributed by atoms with E-state index in [1.165, 1.54) is 6.07 Å². The molecule has 4 heterocycles. The number of imidazole rings is 2. The van der Waals surface area contributed by atoms with E-state index in [9.17, 15) is 41.0 Å². The number of carbonyl (C=O) groups excluding carboxylic acids is 1. The Morgan fingerprint density at radius 1 is 0.762 bits per heavy atom. The second-order valence-electron chi connectivity index (χ2n) is 15.4. The van der Waals surface area contributed by atoms with Gasteiger partial charge in [0.2, 0.25) is 5.54 Å². The number of allylic oxidation sites excluding steroid dienone is 2. The molecule has 0 radical (unpaired) electrons. The summed E-state index contributed by atoms with van der Waals surface area (Å²) in [7, 11) is 0. The molecular formula is C47H45F6N7O3. The van der Waals surface area contributed by atoms with Crippen LogP contribution in [0.3, 0.4) is 0 Å². The first-order valence-corrected chi connectivity index (χ1v) is 20.1. The molecule has 0 unspecified atom stereocenters. The van der Waals surface area contributed by atoms with Crippen molar-refractivity contribution in [1.29, 1.82) is 0 Å². The van der Waals surface area contributed by atoms with Crippen LogP contribution in [0.5, 0.6) is 0 Å². The quantitative estimate of drug-likeness (QED) is 0.0567. The number of hydrogen-bond donors (Lipinski definition) is 3. The summed E-state index contributed by atoms with van der Waals surface area (Å²) in [5.74, 6) is -1.03. The maximum absolute atomic E-state index is 12.8. The van der Waals surface area contributed by atoms with Crippen molar-refractivity contribution in [2.75, 3.05) is 23.7 Å². The molecule has 0 bridgehead atoms. The number of carboxylic acid groups (broad SMARTS) is 1. The van der Waals surface area contributed by atoms with E-state index in [2.05, 4.69) is 25.4 Å². The standard InChI is InChI=1S/C26H25F3N4O.C21H20F3N3O2/c1-4-5-18-13-21(31-11-10-26(27,28)29)24-32-15-22(33(24)16-18)19-6-7-20(17(2)12-19)23(34)14-25(30-3)8-9-25;1-3-4-14-10-17(25-8-7-21(22,23)24)19-26-11-18(27(19)12-14)15-5-6-16(20(28)29)13(2)9-15/h4-7,12-13,15-16,31H,8-11,14H2,1-2H3;3-6,9-12,25H,7-8H2,1-2H3,(H,28,29)/b5-4+;4-3+. The summed E-state index contributed by atoms with van der Waals surface area (Å²) in [6.45, 7) is 14.1. The lowest BCUT2D eigenvalue weighted by molar-refractivity contribution is -0.132. The van der Waals surface area contributed by atoms with Gasteiger partial charge in [-0.2, -0.15) is 26.3 Å². The average molecular weight is 870 g/mol. The largest absolute Gasteiger partial charge is 0.478 e. The predicted octanol–water partition coefficient (Wildman–Crippen LogP) is 12.1. The number of halogens is 6. The second-order valence-corrected chi connectivity index (χ2v) is 15.4. The number of aromatic nitrogens is 4. The Labute approximate surface area is 359 Å². The summed E-state index contributed by atoms with van der Waals surface area (Å²) in [5.41, 5.74) is 8.46. The molecule has 1 saturated carbocycles. The summed E-state index contributed by atoms with van der Waals surface area (Å²) >= 11 is 0. The van der Waals surface area contributed by atoms with Crippen molar-refractivity contribution >= 4 is 46.6 Å². The number of fused-ring (bicyclic) bond motifs is 2. The van der Waals surface area contributed by atoms with Crippen LogP contribution in [0.15, 0.2) is 85.5 Å². The van der Waals surface area contributed by atoms with Crippen LogP contribution < -0.4 is 10.6 Å². The first-order valence-electron chi connectivity index (χ1n) is 20.1. The number of aryl methyl sites for hydroxylation is 2. The minimum Gasteiger partial charge on any atom is -0.478 e. The van der Waals surface area contributed by atoms with Gasteiger partial charge in [-0.3, -0.25) is 13.6 Å². The Balaban J connectivity index is 0.000000213. The number of nitrogens with zero attached hydrogens (tertiary/aromatic N) is 5. The highest BCUT2D eigenvalue weighted by molar-refractivity contribution is 5.99. The van der Waals surface area contributed by atoms with Crippen molar-refractivity contribution in [3.8, 4) is 22.5 Å². The van der Waals surface area contributed by atoms with E-state index < -0.39 is 36.7 Å². The highest BCUT2D eigenvalue weighted by Crippen LogP contribution is 2.44. The van der Waals surface area contributed by atoms with E-state index in [0.717, 1.165) is 46.4 Å². The molecule has 16 heteroatoms. The number of alkyl halides is 6. The molecule has 10 nitrogen and oxygen atoms in total. The zero-order chi connectivity index (χ0) is 45.7. The average Bonchev–Trinajstić information content (AvgIpc) is 3.63.